The fourth-order valence-corrected chi connectivity index (χ4v) is 2.72. The summed E-state index contributed by atoms with van der Waals surface area (Å²) in [7, 11) is 0. The Kier molecular flexibility index (Phi) is 8.31. The Morgan fingerprint density at radius 2 is 1.60 bits per heavy atom. The molecule has 1 aromatic carbocycles. The summed E-state index contributed by atoms with van der Waals surface area (Å²) in [6.45, 7) is 7.35. The van der Waals surface area contributed by atoms with E-state index in [1.165, 1.54) is 31.2 Å². The molecule has 0 fully saturated rings. The zero-order valence-corrected chi connectivity index (χ0v) is 13.2. The summed E-state index contributed by atoms with van der Waals surface area (Å²) in [4.78, 5) is 0. The highest BCUT2D eigenvalue weighted by Gasteiger charge is 2.20. The van der Waals surface area contributed by atoms with Crippen molar-refractivity contribution in [2.45, 2.75) is 58.9 Å². The zero-order valence-electron chi connectivity index (χ0n) is 13.2. The fraction of sp³-hybridized carbons (Fsp3) is 0.647. The molecule has 0 aliphatic rings. The van der Waals surface area contributed by atoms with Gasteiger partial charge in [-0.25, -0.2) is 0 Å². The van der Waals surface area contributed by atoms with Crippen LogP contribution < -0.4 is 16.0 Å². The van der Waals surface area contributed by atoms with E-state index in [0.29, 0.717) is 5.92 Å². The number of hydrogen-bond acceptors (Lipinski definition) is 3. The van der Waals surface area contributed by atoms with Gasteiger partial charge in [0.05, 0.1) is 6.61 Å². The minimum atomic E-state index is 0.232. The Morgan fingerprint density at radius 1 is 1.00 bits per heavy atom. The maximum Gasteiger partial charge on any atom is 0.119 e. The van der Waals surface area contributed by atoms with Gasteiger partial charge in [0, 0.05) is 6.04 Å². The van der Waals surface area contributed by atoms with Gasteiger partial charge in [0.25, 0.3) is 0 Å². The average molecular weight is 278 g/mol. The zero-order chi connectivity index (χ0) is 14.8. The third-order valence-electron chi connectivity index (χ3n) is 3.68. The van der Waals surface area contributed by atoms with Gasteiger partial charge in [0.1, 0.15) is 5.75 Å². The predicted octanol–water partition coefficient (Wildman–Crippen LogP) is 4.20. The largest absolute Gasteiger partial charge is 0.494 e. The molecule has 0 bridgehead atoms. The molecule has 0 aliphatic heterocycles. The smallest absolute Gasteiger partial charge is 0.119 e. The third-order valence-corrected chi connectivity index (χ3v) is 3.68. The number of nitrogens with two attached hydrogens (primary N) is 1. The van der Waals surface area contributed by atoms with E-state index in [2.05, 4.69) is 38.3 Å². The Morgan fingerprint density at radius 3 is 2.05 bits per heavy atom. The van der Waals surface area contributed by atoms with Gasteiger partial charge < -0.3 is 4.74 Å². The summed E-state index contributed by atoms with van der Waals surface area (Å²) >= 11 is 0. The minimum absolute atomic E-state index is 0.232. The van der Waals surface area contributed by atoms with Crippen LogP contribution in [0.25, 0.3) is 0 Å². The molecule has 1 unspecified atom stereocenters. The lowest BCUT2D eigenvalue weighted by molar-refractivity contribution is 0.312. The molecule has 0 radical (unpaired) electrons. The van der Waals surface area contributed by atoms with Crippen molar-refractivity contribution in [1.29, 1.82) is 0 Å². The Balaban J connectivity index is 2.76. The van der Waals surface area contributed by atoms with Crippen LogP contribution in [0.5, 0.6) is 5.75 Å². The standard InChI is InChI=1S/C17H30N2O/c1-4-7-14(8-5-2)17(19-18)15-9-11-16(12-10-15)20-13-6-3/h9-12,14,17,19H,4-8,13,18H2,1-3H3. The molecule has 114 valence electrons. The lowest BCUT2D eigenvalue weighted by atomic mass is 9.86. The molecule has 0 aliphatic carbocycles. The summed E-state index contributed by atoms with van der Waals surface area (Å²) < 4.78 is 5.63. The first kappa shape index (κ1) is 17.0. The summed E-state index contributed by atoms with van der Waals surface area (Å²) in [5, 5.41) is 0. The number of hydrazine groups is 1. The van der Waals surface area contributed by atoms with Crippen LogP contribution in [0, 0.1) is 5.92 Å². The van der Waals surface area contributed by atoms with Crippen molar-refractivity contribution in [2.24, 2.45) is 11.8 Å². The second-order valence-corrected chi connectivity index (χ2v) is 5.40. The van der Waals surface area contributed by atoms with Crippen molar-refractivity contribution in [2.75, 3.05) is 6.61 Å². The molecule has 1 rings (SSSR count). The quantitative estimate of drug-likeness (QED) is 0.498. The topological polar surface area (TPSA) is 47.3 Å². The maximum atomic E-state index is 5.80. The van der Waals surface area contributed by atoms with Gasteiger partial charge in [-0.1, -0.05) is 45.7 Å². The van der Waals surface area contributed by atoms with E-state index in [-0.39, 0.29) is 6.04 Å². The lowest BCUT2D eigenvalue weighted by Crippen LogP contribution is -2.33. The number of hydrogen-bond donors (Lipinski definition) is 2. The first-order chi connectivity index (χ1) is 9.76. The van der Waals surface area contributed by atoms with E-state index in [9.17, 15) is 0 Å². The molecule has 0 amide bonds. The molecule has 0 saturated heterocycles. The van der Waals surface area contributed by atoms with Gasteiger partial charge in [0.15, 0.2) is 0 Å². The number of nitrogens with one attached hydrogen (secondary N) is 1. The summed E-state index contributed by atoms with van der Waals surface area (Å²) in [6, 6.07) is 8.59. The molecule has 3 nitrogen and oxygen atoms in total. The molecule has 1 atom stereocenters. The third kappa shape index (κ3) is 5.14. The molecular formula is C17H30N2O. The first-order valence-electron chi connectivity index (χ1n) is 7.95. The van der Waals surface area contributed by atoms with E-state index in [0.717, 1.165) is 18.8 Å². The molecule has 3 N–H and O–H groups in total. The molecule has 0 spiro atoms. The van der Waals surface area contributed by atoms with Gasteiger partial charge in [-0.15, -0.1) is 0 Å². The molecule has 0 saturated carbocycles. The number of benzene rings is 1. The van der Waals surface area contributed by atoms with Crippen molar-refractivity contribution in [1.82, 2.24) is 5.43 Å². The number of ether oxygens (including phenoxy) is 1. The molecule has 3 heteroatoms. The second kappa shape index (κ2) is 9.78. The molecule has 0 heterocycles. The highest BCUT2D eigenvalue weighted by molar-refractivity contribution is 5.29. The van der Waals surface area contributed by atoms with Crippen LogP contribution in [0.1, 0.15) is 64.5 Å². The van der Waals surface area contributed by atoms with Crippen LogP contribution in [0.2, 0.25) is 0 Å². The fourth-order valence-electron chi connectivity index (χ4n) is 2.72. The van der Waals surface area contributed by atoms with Crippen LogP contribution >= 0.6 is 0 Å². The van der Waals surface area contributed by atoms with Gasteiger partial charge in [-0.2, -0.15) is 0 Å². The molecular weight excluding hydrogens is 248 g/mol. The summed E-state index contributed by atoms with van der Waals surface area (Å²) in [6.07, 6.45) is 5.83. The van der Waals surface area contributed by atoms with Crippen molar-refractivity contribution in [3.8, 4) is 5.75 Å². The van der Waals surface area contributed by atoms with Crippen molar-refractivity contribution >= 4 is 0 Å². The van der Waals surface area contributed by atoms with Crippen LogP contribution in [-0.4, -0.2) is 6.61 Å². The van der Waals surface area contributed by atoms with Crippen molar-refractivity contribution in [3.63, 3.8) is 0 Å². The van der Waals surface area contributed by atoms with E-state index in [1.807, 2.05) is 12.1 Å². The molecule has 20 heavy (non-hydrogen) atoms. The molecule has 0 aromatic heterocycles. The Hall–Kier alpha value is -1.06. The van der Waals surface area contributed by atoms with Gasteiger partial charge in [-0.05, 0) is 42.9 Å². The highest BCUT2D eigenvalue weighted by atomic mass is 16.5. The first-order valence-corrected chi connectivity index (χ1v) is 7.95. The average Bonchev–Trinajstić information content (AvgIpc) is 2.47. The summed E-state index contributed by atoms with van der Waals surface area (Å²) in [5.41, 5.74) is 4.26. The predicted molar refractivity (Wildman–Crippen MR) is 85.6 cm³/mol. The maximum absolute atomic E-state index is 5.80. The van der Waals surface area contributed by atoms with E-state index < -0.39 is 0 Å². The van der Waals surface area contributed by atoms with E-state index in [4.69, 9.17) is 10.6 Å². The van der Waals surface area contributed by atoms with Gasteiger partial charge in [0.2, 0.25) is 0 Å². The van der Waals surface area contributed by atoms with Crippen LogP contribution in [0.15, 0.2) is 24.3 Å². The minimum Gasteiger partial charge on any atom is -0.494 e. The number of rotatable bonds is 10. The van der Waals surface area contributed by atoms with Gasteiger partial charge in [-0.3, -0.25) is 11.3 Å². The molecule has 1 aromatic rings. The monoisotopic (exact) mass is 278 g/mol. The van der Waals surface area contributed by atoms with E-state index in [1.54, 1.807) is 0 Å². The van der Waals surface area contributed by atoms with Gasteiger partial charge >= 0.3 is 0 Å². The van der Waals surface area contributed by atoms with Crippen LogP contribution in [0.3, 0.4) is 0 Å². The van der Waals surface area contributed by atoms with Crippen LogP contribution in [-0.2, 0) is 0 Å². The summed E-state index contributed by atoms with van der Waals surface area (Å²) in [5.74, 6) is 7.34. The van der Waals surface area contributed by atoms with E-state index >= 15 is 0 Å². The highest BCUT2D eigenvalue weighted by Crippen LogP contribution is 2.30. The van der Waals surface area contributed by atoms with Crippen LogP contribution in [0.4, 0.5) is 0 Å². The Labute approximate surface area is 123 Å². The Bertz CT molecular complexity index is 345. The lowest BCUT2D eigenvalue weighted by Gasteiger charge is -2.26. The second-order valence-electron chi connectivity index (χ2n) is 5.40. The van der Waals surface area contributed by atoms with Crippen molar-refractivity contribution < 1.29 is 4.74 Å². The SMILES string of the molecule is CCCOc1ccc(C(NN)C(CCC)CCC)cc1. The normalized spacial score (nSPS) is 12.7. The van der Waals surface area contributed by atoms with Crippen molar-refractivity contribution in [3.05, 3.63) is 29.8 Å².